The molecule has 0 saturated carbocycles. The lowest BCUT2D eigenvalue weighted by molar-refractivity contribution is 0.0929. The highest BCUT2D eigenvalue weighted by molar-refractivity contribution is 9.10. The molecule has 92 valence electrons. The van der Waals surface area contributed by atoms with Crippen LogP contribution in [0.2, 0.25) is 0 Å². The molecule has 0 bridgehead atoms. The second-order valence-electron chi connectivity index (χ2n) is 4.12. The van der Waals surface area contributed by atoms with Crippen LogP contribution in [0.15, 0.2) is 22.7 Å². The van der Waals surface area contributed by atoms with E-state index in [1.807, 2.05) is 0 Å². The van der Waals surface area contributed by atoms with E-state index in [2.05, 4.69) is 26.6 Å². The van der Waals surface area contributed by atoms with Gasteiger partial charge >= 0.3 is 0 Å². The van der Waals surface area contributed by atoms with Crippen molar-refractivity contribution in [2.45, 2.75) is 18.9 Å². The standard InChI is InChI=1S/C12H14BrFN2O/c13-11-9(4-1-5-10(11)14)12(17)16-8-3-2-6-15-7-8/h1,4-5,8,15H,2-3,6-7H2,(H,16,17)/t8-/m1/s1. The van der Waals surface area contributed by atoms with Gasteiger partial charge in [-0.1, -0.05) is 6.07 Å². The van der Waals surface area contributed by atoms with Gasteiger partial charge in [0, 0.05) is 12.6 Å². The summed E-state index contributed by atoms with van der Waals surface area (Å²) in [6, 6.07) is 4.60. The van der Waals surface area contributed by atoms with Crippen LogP contribution in [0.5, 0.6) is 0 Å². The lowest BCUT2D eigenvalue weighted by Gasteiger charge is -2.24. The van der Waals surface area contributed by atoms with Crippen LogP contribution in [0.25, 0.3) is 0 Å². The van der Waals surface area contributed by atoms with Crippen molar-refractivity contribution < 1.29 is 9.18 Å². The summed E-state index contributed by atoms with van der Waals surface area (Å²) in [6.45, 7) is 1.77. The highest BCUT2D eigenvalue weighted by atomic mass is 79.9. The minimum atomic E-state index is -0.417. The van der Waals surface area contributed by atoms with Crippen molar-refractivity contribution in [2.75, 3.05) is 13.1 Å². The van der Waals surface area contributed by atoms with Crippen LogP contribution in [-0.2, 0) is 0 Å². The largest absolute Gasteiger partial charge is 0.348 e. The first-order valence-corrected chi connectivity index (χ1v) is 6.43. The smallest absolute Gasteiger partial charge is 0.252 e. The van der Waals surface area contributed by atoms with Gasteiger partial charge < -0.3 is 10.6 Å². The first-order valence-electron chi connectivity index (χ1n) is 5.64. The van der Waals surface area contributed by atoms with Crippen LogP contribution in [0.1, 0.15) is 23.2 Å². The molecule has 1 fully saturated rings. The van der Waals surface area contributed by atoms with Gasteiger partial charge in [-0.3, -0.25) is 4.79 Å². The molecule has 0 radical (unpaired) electrons. The van der Waals surface area contributed by atoms with E-state index in [9.17, 15) is 9.18 Å². The Labute approximate surface area is 108 Å². The first kappa shape index (κ1) is 12.5. The predicted molar refractivity (Wildman–Crippen MR) is 67.5 cm³/mol. The number of piperidine rings is 1. The maximum Gasteiger partial charge on any atom is 0.252 e. The Morgan fingerprint density at radius 2 is 2.35 bits per heavy atom. The minimum Gasteiger partial charge on any atom is -0.348 e. The molecule has 1 saturated heterocycles. The van der Waals surface area contributed by atoms with E-state index in [0.29, 0.717) is 5.56 Å². The Bertz CT molecular complexity index is 419. The molecule has 5 heteroatoms. The summed E-state index contributed by atoms with van der Waals surface area (Å²) in [5.41, 5.74) is 0.343. The summed E-state index contributed by atoms with van der Waals surface area (Å²) >= 11 is 3.09. The second-order valence-corrected chi connectivity index (χ2v) is 4.91. The summed E-state index contributed by atoms with van der Waals surface area (Å²) in [4.78, 5) is 12.0. The van der Waals surface area contributed by atoms with Crippen LogP contribution < -0.4 is 10.6 Å². The van der Waals surface area contributed by atoms with Gasteiger partial charge in [-0.05, 0) is 47.4 Å². The molecule has 2 N–H and O–H groups in total. The Balaban J connectivity index is 2.06. The Morgan fingerprint density at radius 1 is 1.53 bits per heavy atom. The van der Waals surface area contributed by atoms with Gasteiger partial charge in [0.15, 0.2) is 0 Å². The molecule has 0 unspecified atom stereocenters. The van der Waals surface area contributed by atoms with Gasteiger partial charge in [-0.15, -0.1) is 0 Å². The third-order valence-electron chi connectivity index (χ3n) is 2.83. The first-order chi connectivity index (χ1) is 8.18. The predicted octanol–water partition coefficient (Wildman–Crippen LogP) is 2.07. The average molecular weight is 301 g/mol. The van der Waals surface area contributed by atoms with Crippen molar-refractivity contribution in [3.63, 3.8) is 0 Å². The van der Waals surface area contributed by atoms with Gasteiger partial charge in [0.25, 0.3) is 5.91 Å². The Hall–Kier alpha value is -0.940. The molecular formula is C12H14BrFN2O. The third-order valence-corrected chi connectivity index (χ3v) is 3.63. The van der Waals surface area contributed by atoms with Crippen molar-refractivity contribution in [2.24, 2.45) is 0 Å². The SMILES string of the molecule is O=C(N[C@@H]1CCCNC1)c1cccc(F)c1Br. The maximum absolute atomic E-state index is 13.3. The monoisotopic (exact) mass is 300 g/mol. The average Bonchev–Trinajstić information content (AvgIpc) is 2.34. The molecule has 1 aromatic carbocycles. The van der Waals surface area contributed by atoms with Gasteiger partial charge in [-0.25, -0.2) is 4.39 Å². The van der Waals surface area contributed by atoms with Crippen LogP contribution in [-0.4, -0.2) is 25.0 Å². The highest BCUT2D eigenvalue weighted by Gasteiger charge is 2.18. The molecule has 1 aromatic rings. The van der Waals surface area contributed by atoms with E-state index >= 15 is 0 Å². The van der Waals surface area contributed by atoms with Gasteiger partial charge in [0.05, 0.1) is 10.0 Å². The van der Waals surface area contributed by atoms with Crippen molar-refractivity contribution in [3.8, 4) is 0 Å². The fourth-order valence-corrected chi connectivity index (χ4v) is 2.36. The van der Waals surface area contributed by atoms with Crippen LogP contribution in [0, 0.1) is 5.82 Å². The normalized spacial score (nSPS) is 20.0. The quantitative estimate of drug-likeness (QED) is 0.878. The van der Waals surface area contributed by atoms with Crippen LogP contribution in [0.4, 0.5) is 4.39 Å². The molecule has 1 amide bonds. The molecule has 17 heavy (non-hydrogen) atoms. The van der Waals surface area contributed by atoms with E-state index in [1.165, 1.54) is 12.1 Å². The lowest BCUT2D eigenvalue weighted by atomic mass is 10.1. The number of amides is 1. The van der Waals surface area contributed by atoms with E-state index in [-0.39, 0.29) is 16.4 Å². The van der Waals surface area contributed by atoms with Gasteiger partial charge in [0.2, 0.25) is 0 Å². The zero-order valence-corrected chi connectivity index (χ0v) is 10.9. The number of hydrogen-bond acceptors (Lipinski definition) is 2. The topological polar surface area (TPSA) is 41.1 Å². The molecule has 1 aliphatic rings. The summed E-state index contributed by atoms with van der Waals surface area (Å²) in [5.74, 6) is -0.649. The minimum absolute atomic E-state index is 0.131. The molecule has 3 nitrogen and oxygen atoms in total. The zero-order chi connectivity index (χ0) is 12.3. The van der Waals surface area contributed by atoms with E-state index in [4.69, 9.17) is 0 Å². The Morgan fingerprint density at radius 3 is 3.06 bits per heavy atom. The highest BCUT2D eigenvalue weighted by Crippen LogP contribution is 2.20. The molecule has 0 spiro atoms. The number of carbonyl (C=O) groups excluding carboxylic acids is 1. The number of nitrogens with one attached hydrogen (secondary N) is 2. The summed E-state index contributed by atoms with van der Waals surface area (Å²) < 4.78 is 13.5. The summed E-state index contributed by atoms with van der Waals surface area (Å²) in [5, 5.41) is 6.12. The van der Waals surface area contributed by atoms with E-state index < -0.39 is 5.82 Å². The van der Waals surface area contributed by atoms with Crippen molar-refractivity contribution in [1.82, 2.24) is 10.6 Å². The van der Waals surface area contributed by atoms with Gasteiger partial charge in [0.1, 0.15) is 5.82 Å². The molecule has 0 aromatic heterocycles. The van der Waals surface area contributed by atoms with Crippen LogP contribution in [0.3, 0.4) is 0 Å². The van der Waals surface area contributed by atoms with Crippen molar-refractivity contribution in [1.29, 1.82) is 0 Å². The summed E-state index contributed by atoms with van der Waals surface area (Å²) in [6.07, 6.45) is 2.01. The summed E-state index contributed by atoms with van der Waals surface area (Å²) in [7, 11) is 0. The van der Waals surface area contributed by atoms with E-state index in [0.717, 1.165) is 25.9 Å². The second kappa shape index (κ2) is 5.60. The number of rotatable bonds is 2. The molecule has 1 atom stereocenters. The molecule has 0 aliphatic carbocycles. The van der Waals surface area contributed by atoms with Crippen molar-refractivity contribution in [3.05, 3.63) is 34.1 Å². The van der Waals surface area contributed by atoms with Gasteiger partial charge in [-0.2, -0.15) is 0 Å². The van der Waals surface area contributed by atoms with E-state index in [1.54, 1.807) is 6.07 Å². The number of hydrogen-bond donors (Lipinski definition) is 2. The number of halogens is 2. The van der Waals surface area contributed by atoms with Crippen molar-refractivity contribution >= 4 is 21.8 Å². The Kier molecular flexibility index (Phi) is 4.12. The fraction of sp³-hybridized carbons (Fsp3) is 0.417. The number of benzene rings is 1. The molecular weight excluding hydrogens is 287 g/mol. The van der Waals surface area contributed by atoms with Crippen LogP contribution >= 0.6 is 15.9 Å². The number of carbonyl (C=O) groups is 1. The molecule has 1 aliphatic heterocycles. The zero-order valence-electron chi connectivity index (χ0n) is 9.30. The molecule has 2 rings (SSSR count). The molecule has 1 heterocycles. The maximum atomic E-state index is 13.3. The lowest BCUT2D eigenvalue weighted by Crippen LogP contribution is -2.45. The third kappa shape index (κ3) is 3.04. The fourth-order valence-electron chi connectivity index (χ4n) is 1.92.